The van der Waals surface area contributed by atoms with Gasteiger partial charge in [-0.15, -0.1) is 0 Å². The number of carboxylic acids is 1. The van der Waals surface area contributed by atoms with Crippen molar-refractivity contribution >= 4 is 5.97 Å². The molecule has 0 bridgehead atoms. The molecule has 0 unspecified atom stereocenters. The first-order valence-corrected chi connectivity index (χ1v) is 7.01. The van der Waals surface area contributed by atoms with Gasteiger partial charge in [0.25, 0.3) is 0 Å². The second kappa shape index (κ2) is 5.52. The minimum Gasteiger partial charge on any atom is -0.478 e. The van der Waals surface area contributed by atoms with Gasteiger partial charge in [-0.3, -0.25) is 0 Å². The number of aromatic carboxylic acids is 1. The van der Waals surface area contributed by atoms with Gasteiger partial charge < -0.3 is 9.84 Å². The lowest BCUT2D eigenvalue weighted by atomic mass is 9.97. The van der Waals surface area contributed by atoms with Crippen molar-refractivity contribution < 1.29 is 14.6 Å². The van der Waals surface area contributed by atoms with E-state index in [-0.39, 0.29) is 5.56 Å². The van der Waals surface area contributed by atoms with E-state index in [1.54, 1.807) is 12.1 Å². The van der Waals surface area contributed by atoms with Gasteiger partial charge in [-0.2, -0.15) is 4.98 Å². The van der Waals surface area contributed by atoms with Crippen molar-refractivity contribution in [1.29, 1.82) is 0 Å². The number of aromatic nitrogens is 2. The van der Waals surface area contributed by atoms with E-state index in [4.69, 9.17) is 9.84 Å². The summed E-state index contributed by atoms with van der Waals surface area (Å²) in [7, 11) is 0. The maximum atomic E-state index is 10.8. The molecule has 0 spiro atoms. The Bertz CT molecular complexity index is 681. The number of benzene rings is 1. The SMILES string of the molecule is Cc1nc2c(c(Oc3ccc(C(=O)O)cc3)n1)CCCC2. The van der Waals surface area contributed by atoms with Gasteiger partial charge in [0, 0.05) is 5.56 Å². The van der Waals surface area contributed by atoms with Crippen LogP contribution in [0, 0.1) is 6.92 Å². The fourth-order valence-electron chi connectivity index (χ4n) is 2.54. The molecule has 3 rings (SSSR count). The largest absolute Gasteiger partial charge is 0.478 e. The van der Waals surface area contributed by atoms with E-state index in [0.29, 0.717) is 17.5 Å². The normalized spacial score (nSPS) is 13.6. The Labute approximate surface area is 122 Å². The molecule has 0 atom stereocenters. The highest BCUT2D eigenvalue weighted by molar-refractivity contribution is 5.87. The molecule has 2 aromatic rings. The maximum absolute atomic E-state index is 10.8. The van der Waals surface area contributed by atoms with Gasteiger partial charge in [-0.1, -0.05) is 0 Å². The second-order valence-electron chi connectivity index (χ2n) is 5.14. The van der Waals surface area contributed by atoms with Crippen molar-refractivity contribution in [2.45, 2.75) is 32.6 Å². The number of fused-ring (bicyclic) bond motifs is 1. The van der Waals surface area contributed by atoms with Crippen LogP contribution in [0.4, 0.5) is 0 Å². The Balaban J connectivity index is 1.90. The summed E-state index contributed by atoms with van der Waals surface area (Å²) in [6.45, 7) is 1.86. The standard InChI is InChI=1S/C16H16N2O3/c1-10-17-14-5-3-2-4-13(14)15(18-10)21-12-8-6-11(7-9-12)16(19)20/h6-9H,2-5H2,1H3,(H,19,20). The monoisotopic (exact) mass is 284 g/mol. The summed E-state index contributed by atoms with van der Waals surface area (Å²) in [5, 5.41) is 8.90. The molecule has 0 radical (unpaired) electrons. The lowest BCUT2D eigenvalue weighted by molar-refractivity contribution is 0.0697. The molecule has 1 aromatic heterocycles. The third kappa shape index (κ3) is 2.86. The summed E-state index contributed by atoms with van der Waals surface area (Å²) in [5.74, 6) is 0.941. The zero-order valence-electron chi connectivity index (χ0n) is 11.8. The molecule has 5 heteroatoms. The molecule has 0 saturated carbocycles. The second-order valence-corrected chi connectivity index (χ2v) is 5.14. The van der Waals surface area contributed by atoms with Crippen LogP contribution in [0.2, 0.25) is 0 Å². The molecule has 1 aromatic carbocycles. The minimum absolute atomic E-state index is 0.239. The van der Waals surface area contributed by atoms with Gasteiger partial charge >= 0.3 is 5.97 Å². The van der Waals surface area contributed by atoms with Crippen molar-refractivity contribution in [3.63, 3.8) is 0 Å². The van der Waals surface area contributed by atoms with Gasteiger partial charge in [-0.25, -0.2) is 9.78 Å². The third-order valence-electron chi connectivity index (χ3n) is 3.57. The Hall–Kier alpha value is -2.43. The summed E-state index contributed by atoms with van der Waals surface area (Å²) < 4.78 is 5.85. The highest BCUT2D eigenvalue weighted by Gasteiger charge is 2.18. The zero-order valence-corrected chi connectivity index (χ0v) is 11.8. The molecule has 21 heavy (non-hydrogen) atoms. The Morgan fingerprint density at radius 2 is 1.86 bits per heavy atom. The molecule has 0 saturated heterocycles. The van der Waals surface area contributed by atoms with Gasteiger partial charge in [0.2, 0.25) is 5.88 Å². The highest BCUT2D eigenvalue weighted by Crippen LogP contribution is 2.30. The molecule has 0 fully saturated rings. The average Bonchev–Trinajstić information content (AvgIpc) is 2.47. The topological polar surface area (TPSA) is 72.3 Å². The highest BCUT2D eigenvalue weighted by atomic mass is 16.5. The summed E-state index contributed by atoms with van der Waals surface area (Å²) in [6, 6.07) is 6.35. The Morgan fingerprint density at radius 3 is 2.57 bits per heavy atom. The number of carbonyl (C=O) groups is 1. The maximum Gasteiger partial charge on any atom is 0.335 e. The Kier molecular flexibility index (Phi) is 3.56. The minimum atomic E-state index is -0.947. The summed E-state index contributed by atoms with van der Waals surface area (Å²) in [6.07, 6.45) is 4.16. The third-order valence-corrected chi connectivity index (χ3v) is 3.57. The lowest BCUT2D eigenvalue weighted by Crippen LogP contribution is -2.10. The van der Waals surface area contributed by atoms with Crippen LogP contribution < -0.4 is 4.74 Å². The van der Waals surface area contributed by atoms with Crippen LogP contribution in [-0.2, 0) is 12.8 Å². The number of aryl methyl sites for hydroxylation is 2. The predicted molar refractivity (Wildman–Crippen MR) is 76.9 cm³/mol. The predicted octanol–water partition coefficient (Wildman–Crippen LogP) is 3.15. The molecular weight excluding hydrogens is 268 g/mol. The number of carboxylic acid groups (broad SMARTS) is 1. The molecule has 1 heterocycles. The number of ether oxygens (including phenoxy) is 1. The van der Waals surface area contributed by atoms with E-state index in [0.717, 1.165) is 36.9 Å². The number of rotatable bonds is 3. The van der Waals surface area contributed by atoms with Crippen LogP contribution >= 0.6 is 0 Å². The van der Waals surface area contributed by atoms with Crippen molar-refractivity contribution in [1.82, 2.24) is 9.97 Å². The summed E-state index contributed by atoms with van der Waals surface area (Å²) in [4.78, 5) is 19.7. The fraction of sp³-hybridized carbons (Fsp3) is 0.312. The van der Waals surface area contributed by atoms with Crippen LogP contribution in [0.15, 0.2) is 24.3 Å². The first-order valence-electron chi connectivity index (χ1n) is 7.01. The first kappa shape index (κ1) is 13.5. The molecule has 1 N–H and O–H groups in total. The quantitative estimate of drug-likeness (QED) is 0.937. The lowest BCUT2D eigenvalue weighted by Gasteiger charge is -2.18. The molecule has 5 nitrogen and oxygen atoms in total. The van der Waals surface area contributed by atoms with Gasteiger partial charge in [-0.05, 0) is 56.9 Å². The van der Waals surface area contributed by atoms with Gasteiger partial charge in [0.05, 0.1) is 11.3 Å². The van der Waals surface area contributed by atoms with E-state index >= 15 is 0 Å². The smallest absolute Gasteiger partial charge is 0.335 e. The van der Waals surface area contributed by atoms with Gasteiger partial charge in [0.15, 0.2) is 0 Å². The van der Waals surface area contributed by atoms with E-state index in [9.17, 15) is 4.79 Å². The van der Waals surface area contributed by atoms with Crippen molar-refractivity contribution in [2.24, 2.45) is 0 Å². The van der Waals surface area contributed by atoms with E-state index in [1.807, 2.05) is 6.92 Å². The fourth-order valence-corrected chi connectivity index (χ4v) is 2.54. The van der Waals surface area contributed by atoms with Crippen LogP contribution in [0.25, 0.3) is 0 Å². The number of hydrogen-bond donors (Lipinski definition) is 1. The van der Waals surface area contributed by atoms with Crippen LogP contribution in [0.3, 0.4) is 0 Å². The Morgan fingerprint density at radius 1 is 1.14 bits per heavy atom. The van der Waals surface area contributed by atoms with Crippen molar-refractivity contribution in [2.75, 3.05) is 0 Å². The summed E-state index contributed by atoms with van der Waals surface area (Å²) in [5.41, 5.74) is 2.39. The molecule has 0 amide bonds. The van der Waals surface area contributed by atoms with Crippen molar-refractivity contribution in [3.05, 3.63) is 46.9 Å². The molecule has 0 aliphatic heterocycles. The van der Waals surface area contributed by atoms with Gasteiger partial charge in [0.1, 0.15) is 11.6 Å². The van der Waals surface area contributed by atoms with Crippen molar-refractivity contribution in [3.8, 4) is 11.6 Å². The average molecular weight is 284 g/mol. The van der Waals surface area contributed by atoms with E-state index in [1.165, 1.54) is 12.1 Å². The zero-order chi connectivity index (χ0) is 14.8. The summed E-state index contributed by atoms with van der Waals surface area (Å²) >= 11 is 0. The molecule has 1 aliphatic carbocycles. The molecule has 1 aliphatic rings. The van der Waals surface area contributed by atoms with E-state index < -0.39 is 5.97 Å². The molecular formula is C16H16N2O3. The van der Waals surface area contributed by atoms with Crippen LogP contribution in [-0.4, -0.2) is 21.0 Å². The van der Waals surface area contributed by atoms with E-state index in [2.05, 4.69) is 9.97 Å². The molecule has 108 valence electrons. The van der Waals surface area contributed by atoms with Crippen LogP contribution in [0.1, 0.15) is 40.3 Å². The number of hydrogen-bond acceptors (Lipinski definition) is 4. The van der Waals surface area contributed by atoms with Crippen LogP contribution in [0.5, 0.6) is 11.6 Å². The first-order chi connectivity index (χ1) is 10.1. The number of nitrogens with zero attached hydrogens (tertiary/aromatic N) is 2.